The van der Waals surface area contributed by atoms with Crippen molar-refractivity contribution < 1.29 is 4.39 Å². The normalized spacial score (nSPS) is 16.5. The fraction of sp³-hybridized carbons (Fsp3) is 0.0952. The Labute approximate surface area is 171 Å². The van der Waals surface area contributed by atoms with E-state index in [0.717, 1.165) is 22.5 Å². The van der Waals surface area contributed by atoms with Gasteiger partial charge in [0.05, 0.1) is 22.5 Å². The third-order valence-corrected chi connectivity index (χ3v) is 5.29. The molecule has 1 heterocycles. The van der Waals surface area contributed by atoms with E-state index in [-0.39, 0.29) is 11.9 Å². The first-order valence-electron chi connectivity index (χ1n) is 8.34. The molecule has 1 atom stereocenters. The van der Waals surface area contributed by atoms with Crippen LogP contribution in [-0.2, 0) is 0 Å². The maximum absolute atomic E-state index is 13.4. The number of benzene rings is 3. The van der Waals surface area contributed by atoms with Crippen LogP contribution in [0.2, 0.25) is 15.1 Å². The van der Waals surface area contributed by atoms with Gasteiger partial charge in [-0.3, -0.25) is 5.01 Å². The Morgan fingerprint density at radius 3 is 2.19 bits per heavy atom. The van der Waals surface area contributed by atoms with Crippen molar-refractivity contribution in [1.29, 1.82) is 0 Å². The van der Waals surface area contributed by atoms with Crippen molar-refractivity contribution in [2.45, 2.75) is 12.5 Å². The lowest BCUT2D eigenvalue weighted by molar-refractivity contribution is 0.624. The number of nitrogens with zero attached hydrogens (tertiary/aromatic N) is 2. The molecule has 3 aromatic carbocycles. The molecule has 27 heavy (non-hydrogen) atoms. The minimum absolute atomic E-state index is 0.102. The van der Waals surface area contributed by atoms with E-state index in [0.29, 0.717) is 21.5 Å². The van der Waals surface area contributed by atoms with Gasteiger partial charge in [-0.2, -0.15) is 5.10 Å². The maximum atomic E-state index is 13.4. The van der Waals surface area contributed by atoms with Crippen molar-refractivity contribution in [2.24, 2.45) is 5.10 Å². The molecular weight excluding hydrogens is 406 g/mol. The standard InChI is InChI=1S/C21H14Cl3FN2/c22-15-5-1-13(2-6-15)19-12-21(14-3-8-17(25)9-4-14)27(26-19)20-10-7-16(23)11-18(20)24/h1-11,21H,12H2/t21-/m1/s1. The topological polar surface area (TPSA) is 15.6 Å². The Morgan fingerprint density at radius 1 is 0.852 bits per heavy atom. The van der Waals surface area contributed by atoms with E-state index in [1.54, 1.807) is 24.3 Å². The Kier molecular flexibility index (Phi) is 5.09. The first-order valence-corrected chi connectivity index (χ1v) is 9.48. The summed E-state index contributed by atoms with van der Waals surface area (Å²) < 4.78 is 13.4. The number of hydrogen-bond acceptors (Lipinski definition) is 2. The van der Waals surface area contributed by atoms with Crippen LogP contribution in [0.1, 0.15) is 23.6 Å². The second-order valence-electron chi connectivity index (χ2n) is 6.27. The van der Waals surface area contributed by atoms with Crippen LogP contribution < -0.4 is 5.01 Å². The molecule has 0 saturated carbocycles. The van der Waals surface area contributed by atoms with Gasteiger partial charge < -0.3 is 0 Å². The summed E-state index contributed by atoms with van der Waals surface area (Å²) >= 11 is 18.5. The Bertz CT molecular complexity index is 1000. The minimum atomic E-state index is -0.272. The molecule has 1 aliphatic heterocycles. The summed E-state index contributed by atoms with van der Waals surface area (Å²) in [7, 11) is 0. The molecule has 1 aliphatic rings. The summed E-state index contributed by atoms with van der Waals surface area (Å²) in [6.07, 6.45) is 0.659. The predicted molar refractivity (Wildman–Crippen MR) is 111 cm³/mol. The van der Waals surface area contributed by atoms with Crippen molar-refractivity contribution in [1.82, 2.24) is 0 Å². The smallest absolute Gasteiger partial charge is 0.123 e. The number of anilines is 1. The van der Waals surface area contributed by atoms with Gasteiger partial charge in [0.1, 0.15) is 5.82 Å². The second kappa shape index (κ2) is 7.51. The summed E-state index contributed by atoms with van der Waals surface area (Å²) in [5.41, 5.74) is 3.60. The van der Waals surface area contributed by atoms with Gasteiger partial charge in [-0.1, -0.05) is 59.1 Å². The number of hydrogen-bond donors (Lipinski definition) is 0. The Morgan fingerprint density at radius 2 is 1.52 bits per heavy atom. The van der Waals surface area contributed by atoms with E-state index in [4.69, 9.17) is 39.9 Å². The highest BCUT2D eigenvalue weighted by molar-refractivity contribution is 6.36. The highest BCUT2D eigenvalue weighted by Gasteiger charge is 2.31. The van der Waals surface area contributed by atoms with Crippen LogP contribution in [-0.4, -0.2) is 5.71 Å². The second-order valence-corrected chi connectivity index (χ2v) is 7.55. The summed E-state index contributed by atoms with van der Waals surface area (Å²) in [4.78, 5) is 0. The molecule has 4 rings (SSSR count). The van der Waals surface area contributed by atoms with Crippen molar-refractivity contribution in [3.05, 3.63) is 98.7 Å². The molecule has 0 amide bonds. The first-order chi connectivity index (χ1) is 13.0. The van der Waals surface area contributed by atoms with Crippen molar-refractivity contribution >= 4 is 46.2 Å². The van der Waals surface area contributed by atoms with E-state index in [1.165, 1.54) is 12.1 Å². The highest BCUT2D eigenvalue weighted by Crippen LogP contribution is 2.40. The van der Waals surface area contributed by atoms with Gasteiger partial charge in [0.2, 0.25) is 0 Å². The molecule has 3 aromatic rings. The van der Waals surface area contributed by atoms with Crippen molar-refractivity contribution in [2.75, 3.05) is 5.01 Å². The number of rotatable bonds is 3. The lowest BCUT2D eigenvalue weighted by atomic mass is 9.98. The van der Waals surface area contributed by atoms with E-state index in [1.807, 2.05) is 35.3 Å². The average Bonchev–Trinajstić information content (AvgIpc) is 3.08. The lowest BCUT2D eigenvalue weighted by Crippen LogP contribution is -2.18. The molecular formula is C21H14Cl3FN2. The summed E-state index contributed by atoms with van der Waals surface area (Å²) in [6.45, 7) is 0. The summed E-state index contributed by atoms with van der Waals surface area (Å²) in [6, 6.07) is 19.2. The maximum Gasteiger partial charge on any atom is 0.123 e. The fourth-order valence-corrected chi connectivity index (χ4v) is 3.78. The van der Waals surface area contributed by atoms with Gasteiger partial charge in [-0.15, -0.1) is 0 Å². The van der Waals surface area contributed by atoms with Gasteiger partial charge in [0.15, 0.2) is 0 Å². The van der Waals surface area contributed by atoms with Gasteiger partial charge in [0, 0.05) is 16.5 Å². The number of hydrazone groups is 1. The van der Waals surface area contributed by atoms with Crippen LogP contribution in [0, 0.1) is 5.82 Å². The van der Waals surface area contributed by atoms with E-state index in [9.17, 15) is 4.39 Å². The molecule has 0 N–H and O–H groups in total. The molecule has 0 radical (unpaired) electrons. The lowest BCUT2D eigenvalue weighted by Gasteiger charge is -2.25. The Hall–Kier alpha value is -2.07. The molecule has 136 valence electrons. The molecule has 0 aliphatic carbocycles. The van der Waals surface area contributed by atoms with Gasteiger partial charge in [-0.05, 0) is 53.6 Å². The minimum Gasteiger partial charge on any atom is -0.256 e. The van der Waals surface area contributed by atoms with Crippen LogP contribution in [0.5, 0.6) is 0 Å². The number of halogens is 4. The van der Waals surface area contributed by atoms with E-state index in [2.05, 4.69) is 0 Å². The quantitative estimate of drug-likeness (QED) is 0.440. The predicted octanol–water partition coefficient (Wildman–Crippen LogP) is 7.14. The highest BCUT2D eigenvalue weighted by atomic mass is 35.5. The van der Waals surface area contributed by atoms with Gasteiger partial charge in [0.25, 0.3) is 0 Å². The molecule has 0 unspecified atom stereocenters. The zero-order valence-corrected chi connectivity index (χ0v) is 16.3. The Balaban J connectivity index is 1.78. The van der Waals surface area contributed by atoms with Crippen molar-refractivity contribution in [3.8, 4) is 0 Å². The van der Waals surface area contributed by atoms with Gasteiger partial charge in [-0.25, -0.2) is 4.39 Å². The summed E-state index contributed by atoms with van der Waals surface area (Å²) in [5.74, 6) is -0.272. The van der Waals surface area contributed by atoms with Crippen LogP contribution in [0.3, 0.4) is 0 Å². The summed E-state index contributed by atoms with van der Waals surface area (Å²) in [5, 5.41) is 8.43. The molecule has 6 heteroatoms. The third kappa shape index (κ3) is 3.81. The van der Waals surface area contributed by atoms with Crippen LogP contribution in [0.15, 0.2) is 71.8 Å². The zero-order chi connectivity index (χ0) is 19.0. The SMILES string of the molecule is Fc1ccc([C@H]2CC(c3ccc(Cl)cc3)=NN2c2ccc(Cl)cc2Cl)cc1. The molecule has 0 fully saturated rings. The van der Waals surface area contributed by atoms with Crippen molar-refractivity contribution in [3.63, 3.8) is 0 Å². The molecule has 0 bridgehead atoms. The molecule has 0 saturated heterocycles. The third-order valence-electron chi connectivity index (χ3n) is 4.50. The van der Waals surface area contributed by atoms with E-state index < -0.39 is 0 Å². The molecule has 0 spiro atoms. The first kappa shape index (κ1) is 18.3. The fourth-order valence-electron chi connectivity index (χ4n) is 3.16. The van der Waals surface area contributed by atoms with Crippen LogP contribution in [0.4, 0.5) is 10.1 Å². The molecule has 2 nitrogen and oxygen atoms in total. The molecule has 0 aromatic heterocycles. The van der Waals surface area contributed by atoms with Gasteiger partial charge >= 0.3 is 0 Å². The zero-order valence-electron chi connectivity index (χ0n) is 14.0. The van der Waals surface area contributed by atoms with Crippen LogP contribution in [0.25, 0.3) is 0 Å². The largest absolute Gasteiger partial charge is 0.256 e. The van der Waals surface area contributed by atoms with Crippen LogP contribution >= 0.6 is 34.8 Å². The average molecular weight is 420 g/mol. The monoisotopic (exact) mass is 418 g/mol. The van der Waals surface area contributed by atoms with E-state index >= 15 is 0 Å².